The summed E-state index contributed by atoms with van der Waals surface area (Å²) in [6.07, 6.45) is 3.71. The molecule has 4 heteroatoms. The maximum Gasteiger partial charge on any atom is 0.241 e. The van der Waals surface area contributed by atoms with E-state index < -0.39 is 10.9 Å². The lowest BCUT2D eigenvalue weighted by Gasteiger charge is -2.05. The predicted octanol–water partition coefficient (Wildman–Crippen LogP) is 3.08. The molecule has 0 heterocycles. The number of benzene rings is 2. The number of carbonyl (C=O) groups excluding carboxylic acids is 3. The van der Waals surface area contributed by atoms with Crippen LogP contribution in [0.5, 0.6) is 0 Å². The first kappa shape index (κ1) is 15.4. The summed E-state index contributed by atoms with van der Waals surface area (Å²) in [5, 5.41) is 0. The molecule has 2 aromatic rings. The first-order chi connectivity index (χ1) is 11.0. The molecule has 0 aromatic heterocycles. The Labute approximate surface area is 137 Å². The van der Waals surface area contributed by atoms with Crippen molar-refractivity contribution < 1.29 is 14.4 Å². The Balaban J connectivity index is 2.19. The van der Waals surface area contributed by atoms with Crippen LogP contribution in [0.25, 0.3) is 0 Å². The summed E-state index contributed by atoms with van der Waals surface area (Å²) in [6, 6.07) is 15.5. The molecule has 2 aromatic carbocycles. The number of hydrogen-bond donors (Lipinski definition) is 0. The van der Waals surface area contributed by atoms with E-state index >= 15 is 0 Å². The molecule has 1 aliphatic carbocycles. The van der Waals surface area contributed by atoms with Gasteiger partial charge in [0.25, 0.3) is 0 Å². The van der Waals surface area contributed by atoms with Crippen molar-refractivity contribution in [3.63, 3.8) is 0 Å². The third-order valence-electron chi connectivity index (χ3n) is 3.75. The molecular formula is C19H15O3S+. The molecule has 0 unspecified atom stereocenters. The van der Waals surface area contributed by atoms with Crippen LogP contribution in [0.1, 0.15) is 31.1 Å². The minimum Gasteiger partial charge on any atom is -0.288 e. The van der Waals surface area contributed by atoms with Crippen molar-refractivity contribution in [2.24, 2.45) is 0 Å². The Bertz CT molecular complexity index is 811. The van der Waals surface area contributed by atoms with Gasteiger partial charge in [-0.2, -0.15) is 0 Å². The number of allylic oxidation sites excluding steroid dienone is 2. The summed E-state index contributed by atoms with van der Waals surface area (Å²) in [5.41, 5.74) is 1.30. The fraction of sp³-hybridized carbons (Fsp3) is 0.105. The maximum absolute atomic E-state index is 12.9. The van der Waals surface area contributed by atoms with E-state index in [1.807, 2.05) is 18.6 Å². The summed E-state index contributed by atoms with van der Waals surface area (Å²) < 4.78 is 0. The second-order valence-corrected chi connectivity index (χ2v) is 7.46. The molecule has 23 heavy (non-hydrogen) atoms. The van der Waals surface area contributed by atoms with E-state index in [4.69, 9.17) is 0 Å². The Morgan fingerprint density at radius 2 is 1.26 bits per heavy atom. The highest BCUT2D eigenvalue weighted by molar-refractivity contribution is 8.00. The highest BCUT2D eigenvalue weighted by Crippen LogP contribution is 2.31. The molecule has 3 nitrogen and oxygen atoms in total. The number of Topliss-reactive ketones (excluding diaryl/α,β-unsaturated/α-hetero) is 3. The molecule has 0 saturated carbocycles. The van der Waals surface area contributed by atoms with Crippen LogP contribution < -0.4 is 0 Å². The van der Waals surface area contributed by atoms with Gasteiger partial charge in [-0.3, -0.25) is 14.4 Å². The van der Waals surface area contributed by atoms with E-state index in [1.165, 1.54) is 0 Å². The zero-order chi connectivity index (χ0) is 16.6. The molecule has 0 saturated heterocycles. The van der Waals surface area contributed by atoms with Crippen LogP contribution in [-0.4, -0.2) is 29.9 Å². The average molecular weight is 323 g/mol. The van der Waals surface area contributed by atoms with E-state index in [1.54, 1.807) is 48.5 Å². The Morgan fingerprint density at radius 3 is 1.74 bits per heavy atom. The zero-order valence-electron chi connectivity index (χ0n) is 12.8. The third kappa shape index (κ3) is 2.55. The van der Waals surface area contributed by atoms with Crippen molar-refractivity contribution in [1.82, 2.24) is 0 Å². The van der Waals surface area contributed by atoms with E-state index in [9.17, 15) is 14.4 Å². The average Bonchev–Trinajstić information content (AvgIpc) is 2.81. The summed E-state index contributed by atoms with van der Waals surface area (Å²) in [4.78, 5) is 38.5. The highest BCUT2D eigenvalue weighted by atomic mass is 32.2. The normalized spacial score (nSPS) is 13.4. The number of rotatable bonds is 3. The van der Waals surface area contributed by atoms with Crippen LogP contribution >= 0.6 is 0 Å². The lowest BCUT2D eigenvalue weighted by molar-refractivity contribution is 0.0968. The molecule has 0 aliphatic heterocycles. The van der Waals surface area contributed by atoms with Gasteiger partial charge in [-0.1, -0.05) is 54.6 Å². The molecule has 0 bridgehead atoms. The van der Waals surface area contributed by atoms with Crippen molar-refractivity contribution in [1.29, 1.82) is 0 Å². The molecule has 0 spiro atoms. The molecule has 0 atom stereocenters. The van der Waals surface area contributed by atoms with Crippen molar-refractivity contribution in [3.8, 4) is 0 Å². The van der Waals surface area contributed by atoms with E-state index in [0.29, 0.717) is 21.6 Å². The molecule has 3 rings (SSSR count). The number of fused-ring (bicyclic) bond motifs is 1. The number of hydrogen-bond acceptors (Lipinski definition) is 3. The van der Waals surface area contributed by atoms with Crippen LogP contribution in [0, 0.1) is 0 Å². The van der Waals surface area contributed by atoms with E-state index in [-0.39, 0.29) is 22.9 Å². The lowest BCUT2D eigenvalue weighted by Crippen LogP contribution is -2.19. The molecule has 0 N–H and O–H groups in total. The van der Waals surface area contributed by atoms with Gasteiger partial charge in [0, 0.05) is 27.6 Å². The minimum atomic E-state index is -0.515. The fourth-order valence-corrected chi connectivity index (χ4v) is 3.76. The summed E-state index contributed by atoms with van der Waals surface area (Å²) in [5.74, 6) is -0.930. The molecule has 0 fully saturated rings. The van der Waals surface area contributed by atoms with Crippen LogP contribution in [0.3, 0.4) is 0 Å². The Hall–Kier alpha value is -2.46. The number of ketones is 3. The quantitative estimate of drug-likeness (QED) is 0.377. The fourth-order valence-electron chi connectivity index (χ4n) is 2.68. The Kier molecular flexibility index (Phi) is 4.01. The minimum absolute atomic E-state index is 0.0355. The van der Waals surface area contributed by atoms with Crippen LogP contribution in [0.2, 0.25) is 0 Å². The standard InChI is InChI=1S/C19H15O3S/c1-23(2)19(16(20)12-8-4-3-5-9-12)15-17(21)13-10-6-7-11-14(13)18(15)22/h3-11H,1-2H3/q+1. The third-order valence-corrected chi connectivity index (χ3v) is 4.95. The second kappa shape index (κ2) is 5.97. The van der Waals surface area contributed by atoms with Gasteiger partial charge in [-0.25, -0.2) is 0 Å². The topological polar surface area (TPSA) is 51.2 Å². The van der Waals surface area contributed by atoms with Gasteiger partial charge in [0.2, 0.25) is 22.3 Å². The van der Waals surface area contributed by atoms with Gasteiger partial charge >= 0.3 is 0 Å². The summed E-state index contributed by atoms with van der Waals surface area (Å²) >= 11 is 0. The molecule has 0 amide bonds. The molecule has 1 aliphatic rings. The SMILES string of the molecule is C[S+](C)C(C(=O)c1ccccc1)=C1C(=O)c2ccccc2C1=O. The van der Waals surface area contributed by atoms with Crippen molar-refractivity contribution >= 4 is 28.2 Å². The smallest absolute Gasteiger partial charge is 0.241 e. The highest BCUT2D eigenvalue weighted by Gasteiger charge is 2.42. The Morgan fingerprint density at radius 1 is 0.783 bits per heavy atom. The second-order valence-electron chi connectivity index (χ2n) is 5.42. The van der Waals surface area contributed by atoms with Crippen molar-refractivity contribution in [2.45, 2.75) is 0 Å². The lowest BCUT2D eigenvalue weighted by atomic mass is 10.0. The molecule has 114 valence electrons. The van der Waals surface area contributed by atoms with Gasteiger partial charge in [-0.05, 0) is 0 Å². The van der Waals surface area contributed by atoms with Crippen LogP contribution in [0.4, 0.5) is 0 Å². The van der Waals surface area contributed by atoms with E-state index in [0.717, 1.165) is 0 Å². The van der Waals surface area contributed by atoms with Gasteiger partial charge in [0.1, 0.15) is 18.1 Å². The van der Waals surface area contributed by atoms with E-state index in [2.05, 4.69) is 0 Å². The summed E-state index contributed by atoms with van der Waals surface area (Å²) in [6.45, 7) is 0. The maximum atomic E-state index is 12.9. The zero-order valence-corrected chi connectivity index (χ0v) is 13.6. The predicted molar refractivity (Wildman–Crippen MR) is 92.1 cm³/mol. The molecular weight excluding hydrogens is 308 g/mol. The van der Waals surface area contributed by atoms with Gasteiger partial charge in [0.15, 0.2) is 0 Å². The van der Waals surface area contributed by atoms with Gasteiger partial charge < -0.3 is 0 Å². The number of carbonyl (C=O) groups is 3. The summed E-state index contributed by atoms with van der Waals surface area (Å²) in [7, 11) is -0.515. The molecule has 0 radical (unpaired) electrons. The van der Waals surface area contributed by atoms with Crippen molar-refractivity contribution in [2.75, 3.05) is 12.5 Å². The van der Waals surface area contributed by atoms with Gasteiger partial charge in [-0.15, -0.1) is 0 Å². The largest absolute Gasteiger partial charge is 0.288 e. The van der Waals surface area contributed by atoms with Crippen LogP contribution in [-0.2, 0) is 10.9 Å². The first-order valence-electron chi connectivity index (χ1n) is 7.12. The van der Waals surface area contributed by atoms with Crippen LogP contribution in [0.15, 0.2) is 65.1 Å². The monoisotopic (exact) mass is 323 g/mol. The first-order valence-corrected chi connectivity index (χ1v) is 9.16. The van der Waals surface area contributed by atoms with Gasteiger partial charge in [0.05, 0.1) is 0 Å². The van der Waals surface area contributed by atoms with Crippen molar-refractivity contribution in [3.05, 3.63) is 81.8 Å².